The number of benzene rings is 1. The van der Waals surface area contributed by atoms with Crippen LogP contribution in [0.4, 0.5) is 4.39 Å². The normalized spacial score (nSPS) is 11.5. The van der Waals surface area contributed by atoms with Crippen LogP contribution in [0.25, 0.3) is 21.9 Å². The molecule has 0 aliphatic heterocycles. The van der Waals surface area contributed by atoms with Crippen molar-refractivity contribution in [3.05, 3.63) is 35.8 Å². The topological polar surface area (TPSA) is 47.2 Å². The van der Waals surface area contributed by atoms with Gasteiger partial charge in [-0.25, -0.2) is 9.18 Å². The predicted molar refractivity (Wildman–Crippen MR) is 66.3 cm³/mol. The van der Waals surface area contributed by atoms with Crippen molar-refractivity contribution >= 4 is 27.9 Å². The molecule has 18 heavy (non-hydrogen) atoms. The molecule has 0 fully saturated rings. The molecule has 0 aliphatic carbocycles. The maximum Gasteiger partial charge on any atom is 0.352 e. The molecule has 1 aromatic carbocycles. The predicted octanol–water partition coefficient (Wildman–Crippen LogP) is 2.51. The molecule has 0 radical (unpaired) electrons. The van der Waals surface area contributed by atoms with Gasteiger partial charge in [-0.1, -0.05) is 12.1 Å². The van der Waals surface area contributed by atoms with Crippen LogP contribution < -0.4 is 0 Å². The van der Waals surface area contributed by atoms with Crippen LogP contribution >= 0.6 is 0 Å². The van der Waals surface area contributed by atoms with Crippen molar-refractivity contribution in [3.63, 3.8) is 0 Å². The van der Waals surface area contributed by atoms with E-state index in [0.29, 0.717) is 11.2 Å². The quantitative estimate of drug-likeness (QED) is 0.717. The second-order valence-electron chi connectivity index (χ2n) is 4.33. The number of nitrogens with zero attached hydrogens (tertiary/aromatic N) is 2. The Hall–Kier alpha value is -2.30. The first-order valence-electron chi connectivity index (χ1n) is 5.48. The molecule has 0 spiro atoms. The lowest BCUT2D eigenvalue weighted by Gasteiger charge is -2.03. The van der Waals surface area contributed by atoms with Gasteiger partial charge in [0.2, 0.25) is 0 Å². The third kappa shape index (κ3) is 1.16. The van der Waals surface area contributed by atoms with E-state index in [0.717, 1.165) is 10.8 Å². The summed E-state index contributed by atoms with van der Waals surface area (Å²) in [7, 11) is 3.40. The van der Waals surface area contributed by atoms with E-state index in [4.69, 9.17) is 5.11 Å². The average Bonchev–Trinajstić information content (AvgIpc) is 2.78. The van der Waals surface area contributed by atoms with Crippen LogP contribution in [0.15, 0.2) is 24.3 Å². The third-order valence-electron chi connectivity index (χ3n) is 3.35. The first-order chi connectivity index (χ1) is 8.52. The number of aromatic carboxylic acids is 1. The monoisotopic (exact) mass is 246 g/mol. The molecule has 2 aromatic heterocycles. The summed E-state index contributed by atoms with van der Waals surface area (Å²) in [6, 6.07) is 6.41. The fourth-order valence-corrected chi connectivity index (χ4v) is 2.58. The highest BCUT2D eigenvalue weighted by atomic mass is 19.1. The van der Waals surface area contributed by atoms with Crippen molar-refractivity contribution in [3.8, 4) is 0 Å². The second-order valence-corrected chi connectivity index (χ2v) is 4.33. The van der Waals surface area contributed by atoms with Gasteiger partial charge in [0.1, 0.15) is 17.2 Å². The van der Waals surface area contributed by atoms with Crippen LogP contribution in [-0.2, 0) is 14.1 Å². The van der Waals surface area contributed by atoms with Crippen molar-refractivity contribution in [2.24, 2.45) is 14.1 Å². The molecule has 0 saturated carbocycles. The van der Waals surface area contributed by atoms with Gasteiger partial charge in [0.25, 0.3) is 0 Å². The number of rotatable bonds is 1. The highest BCUT2D eigenvalue weighted by Gasteiger charge is 2.19. The molecule has 2 heterocycles. The van der Waals surface area contributed by atoms with Gasteiger partial charge < -0.3 is 14.2 Å². The van der Waals surface area contributed by atoms with E-state index in [9.17, 15) is 9.18 Å². The number of hydrogen-bond donors (Lipinski definition) is 1. The standard InChI is InChI=1S/C13H11FN2O2/c1-15-10(13(17)18)6-8-7-4-3-5-9(14)11(7)16(2)12(8)15/h3-6H,1-2H3,(H,17,18). The van der Waals surface area contributed by atoms with Crippen LogP contribution in [0.3, 0.4) is 0 Å². The van der Waals surface area contributed by atoms with E-state index < -0.39 is 5.97 Å². The number of aryl methyl sites for hydroxylation is 2. The van der Waals surface area contributed by atoms with Crippen LogP contribution in [-0.4, -0.2) is 20.2 Å². The highest BCUT2D eigenvalue weighted by Crippen LogP contribution is 2.31. The van der Waals surface area contributed by atoms with Gasteiger partial charge in [-0.15, -0.1) is 0 Å². The second kappa shape index (κ2) is 3.35. The fourth-order valence-electron chi connectivity index (χ4n) is 2.58. The minimum atomic E-state index is -0.988. The van der Waals surface area contributed by atoms with Crippen molar-refractivity contribution < 1.29 is 14.3 Å². The summed E-state index contributed by atoms with van der Waals surface area (Å²) in [5, 5.41) is 10.6. The van der Waals surface area contributed by atoms with E-state index in [2.05, 4.69) is 0 Å². The zero-order chi connectivity index (χ0) is 13.0. The number of para-hydroxylation sites is 1. The van der Waals surface area contributed by atoms with Crippen LogP contribution in [0.1, 0.15) is 10.5 Å². The van der Waals surface area contributed by atoms with Gasteiger partial charge in [-0.05, 0) is 12.1 Å². The minimum absolute atomic E-state index is 0.196. The highest BCUT2D eigenvalue weighted by molar-refractivity contribution is 6.10. The van der Waals surface area contributed by atoms with Gasteiger partial charge >= 0.3 is 5.97 Å². The number of fused-ring (bicyclic) bond motifs is 3. The molecule has 0 aliphatic rings. The lowest BCUT2D eigenvalue weighted by molar-refractivity contribution is 0.0687. The Morgan fingerprint density at radius 1 is 1.22 bits per heavy atom. The van der Waals surface area contributed by atoms with Crippen molar-refractivity contribution in [1.82, 2.24) is 9.13 Å². The first kappa shape index (κ1) is 10.8. The Labute approximate surface area is 102 Å². The molecule has 3 rings (SSSR count). The molecule has 4 nitrogen and oxygen atoms in total. The van der Waals surface area contributed by atoms with Gasteiger partial charge in [0, 0.05) is 24.9 Å². The summed E-state index contributed by atoms with van der Waals surface area (Å²) in [5.41, 5.74) is 1.39. The lowest BCUT2D eigenvalue weighted by Crippen LogP contribution is -2.06. The maximum atomic E-state index is 13.8. The van der Waals surface area contributed by atoms with Crippen LogP contribution in [0.2, 0.25) is 0 Å². The van der Waals surface area contributed by atoms with Crippen molar-refractivity contribution in [2.75, 3.05) is 0 Å². The Bertz CT molecular complexity index is 798. The molecule has 0 bridgehead atoms. The summed E-state index contributed by atoms with van der Waals surface area (Å²) < 4.78 is 17.1. The number of carbonyl (C=O) groups is 1. The molecule has 0 saturated heterocycles. The fraction of sp³-hybridized carbons (Fsp3) is 0.154. The SMILES string of the molecule is Cn1c(C(=O)O)cc2c3cccc(F)c3n(C)c21. The zero-order valence-electron chi connectivity index (χ0n) is 9.94. The van der Waals surface area contributed by atoms with Crippen molar-refractivity contribution in [1.29, 1.82) is 0 Å². The van der Waals surface area contributed by atoms with E-state index in [-0.39, 0.29) is 11.5 Å². The van der Waals surface area contributed by atoms with Crippen LogP contribution in [0.5, 0.6) is 0 Å². The molecule has 92 valence electrons. The smallest absolute Gasteiger partial charge is 0.352 e. The number of hydrogen-bond acceptors (Lipinski definition) is 1. The molecule has 3 aromatic rings. The van der Waals surface area contributed by atoms with Gasteiger partial charge in [0.05, 0.1) is 5.52 Å². The Morgan fingerprint density at radius 3 is 2.61 bits per heavy atom. The van der Waals surface area contributed by atoms with Crippen LogP contribution in [0, 0.1) is 5.82 Å². The Kier molecular flexibility index (Phi) is 2.02. The Morgan fingerprint density at radius 2 is 1.94 bits per heavy atom. The average molecular weight is 246 g/mol. The number of carboxylic acid groups (broad SMARTS) is 1. The molecule has 1 N–H and O–H groups in total. The molecule has 0 amide bonds. The number of aromatic nitrogens is 2. The molecular formula is C13H11FN2O2. The maximum absolute atomic E-state index is 13.8. The summed E-state index contributed by atoms with van der Waals surface area (Å²) in [4.78, 5) is 11.1. The third-order valence-corrected chi connectivity index (χ3v) is 3.35. The molecular weight excluding hydrogens is 235 g/mol. The molecule has 0 unspecified atom stereocenters. The largest absolute Gasteiger partial charge is 0.477 e. The van der Waals surface area contributed by atoms with E-state index >= 15 is 0 Å². The van der Waals surface area contributed by atoms with Gasteiger partial charge in [-0.3, -0.25) is 0 Å². The summed E-state index contributed by atoms with van der Waals surface area (Å²) in [5.74, 6) is -1.29. The van der Waals surface area contributed by atoms with Crippen molar-refractivity contribution in [2.45, 2.75) is 0 Å². The van der Waals surface area contributed by atoms with E-state index in [1.165, 1.54) is 6.07 Å². The minimum Gasteiger partial charge on any atom is -0.477 e. The van der Waals surface area contributed by atoms with E-state index in [1.54, 1.807) is 41.4 Å². The summed E-state index contributed by atoms with van der Waals surface area (Å²) >= 11 is 0. The zero-order valence-corrected chi connectivity index (χ0v) is 9.94. The number of halogens is 1. The lowest BCUT2D eigenvalue weighted by atomic mass is 10.2. The van der Waals surface area contributed by atoms with E-state index in [1.807, 2.05) is 0 Å². The Balaban J connectivity index is 2.57. The molecule has 5 heteroatoms. The van der Waals surface area contributed by atoms with Gasteiger partial charge in [0.15, 0.2) is 0 Å². The number of carboxylic acids is 1. The van der Waals surface area contributed by atoms with Gasteiger partial charge in [-0.2, -0.15) is 0 Å². The molecule has 0 atom stereocenters. The summed E-state index contributed by atoms with van der Waals surface area (Å²) in [6.07, 6.45) is 0. The first-order valence-corrected chi connectivity index (χ1v) is 5.48. The summed E-state index contributed by atoms with van der Waals surface area (Å²) in [6.45, 7) is 0.